The number of halogens is 1. The number of piperidine rings is 1. The molecule has 0 aromatic heterocycles. The summed E-state index contributed by atoms with van der Waals surface area (Å²) in [6.45, 7) is 3.11. The first-order valence-corrected chi connectivity index (χ1v) is 5.90. The molecule has 1 unspecified atom stereocenters. The van der Waals surface area contributed by atoms with Gasteiger partial charge in [-0.15, -0.1) is 0 Å². The van der Waals surface area contributed by atoms with Crippen molar-refractivity contribution in [3.63, 3.8) is 0 Å². The molecule has 0 aromatic rings. The van der Waals surface area contributed by atoms with E-state index in [-0.39, 0.29) is 11.8 Å². The van der Waals surface area contributed by atoms with Crippen molar-refractivity contribution in [3.8, 4) is 0 Å². The number of likely N-dealkylation sites (tertiary alicyclic amines) is 1. The molecule has 0 saturated carbocycles. The Morgan fingerprint density at radius 3 is 3.08 bits per heavy atom. The smallest absolute Gasteiger partial charge is 0.224 e. The molecule has 1 atom stereocenters. The summed E-state index contributed by atoms with van der Waals surface area (Å²) in [6, 6.07) is 0. The van der Waals surface area contributed by atoms with E-state index in [2.05, 4.69) is 26.1 Å². The van der Waals surface area contributed by atoms with E-state index < -0.39 is 0 Å². The van der Waals surface area contributed by atoms with Crippen LogP contribution in [0.3, 0.4) is 0 Å². The van der Waals surface area contributed by atoms with E-state index in [0.29, 0.717) is 0 Å². The number of hydrogen-bond acceptors (Lipinski definition) is 2. The van der Waals surface area contributed by atoms with Crippen LogP contribution in [-0.4, -0.2) is 42.8 Å². The monoisotopic (exact) mass is 248 g/mol. The zero-order valence-corrected chi connectivity index (χ0v) is 9.64. The van der Waals surface area contributed by atoms with Crippen molar-refractivity contribution in [1.29, 1.82) is 0 Å². The molecule has 3 nitrogen and oxygen atoms in total. The first kappa shape index (κ1) is 11.0. The number of hydrogen-bond donors (Lipinski definition) is 1. The summed E-state index contributed by atoms with van der Waals surface area (Å²) < 4.78 is 0. The van der Waals surface area contributed by atoms with Crippen molar-refractivity contribution in [1.82, 2.24) is 10.2 Å². The summed E-state index contributed by atoms with van der Waals surface area (Å²) in [5.41, 5.74) is 0. The first-order valence-electron chi connectivity index (χ1n) is 4.78. The quantitative estimate of drug-likeness (QED) is 0.752. The van der Waals surface area contributed by atoms with Gasteiger partial charge in [-0.2, -0.15) is 0 Å². The lowest BCUT2D eigenvalue weighted by atomic mass is 9.97. The number of carbonyl (C=O) groups excluding carboxylic acids is 1. The summed E-state index contributed by atoms with van der Waals surface area (Å²) in [7, 11) is 1.71. The van der Waals surface area contributed by atoms with Gasteiger partial charge >= 0.3 is 0 Å². The minimum atomic E-state index is 0.194. The third kappa shape index (κ3) is 3.27. The molecule has 1 N–H and O–H groups in total. The molecule has 1 saturated heterocycles. The number of nitrogens with one attached hydrogen (secondary N) is 1. The molecule has 13 heavy (non-hydrogen) atoms. The van der Waals surface area contributed by atoms with Gasteiger partial charge in [0.15, 0.2) is 0 Å². The van der Waals surface area contributed by atoms with Gasteiger partial charge in [-0.3, -0.25) is 4.79 Å². The largest absolute Gasteiger partial charge is 0.359 e. The molecule has 0 bridgehead atoms. The van der Waals surface area contributed by atoms with Crippen LogP contribution in [0.5, 0.6) is 0 Å². The molecule has 0 radical (unpaired) electrons. The molecule has 1 aliphatic heterocycles. The topological polar surface area (TPSA) is 32.3 Å². The van der Waals surface area contributed by atoms with Crippen molar-refractivity contribution in [2.45, 2.75) is 12.8 Å². The second kappa shape index (κ2) is 5.60. The third-order valence-corrected chi connectivity index (χ3v) is 2.88. The lowest BCUT2D eigenvalue weighted by Crippen LogP contribution is -2.42. The number of amides is 1. The van der Waals surface area contributed by atoms with E-state index in [1.165, 1.54) is 0 Å². The fourth-order valence-electron chi connectivity index (χ4n) is 1.80. The molecule has 0 aliphatic carbocycles. The van der Waals surface area contributed by atoms with Gasteiger partial charge in [0.1, 0.15) is 0 Å². The van der Waals surface area contributed by atoms with Gasteiger partial charge in [-0.05, 0) is 19.4 Å². The van der Waals surface area contributed by atoms with Crippen LogP contribution < -0.4 is 5.32 Å². The van der Waals surface area contributed by atoms with Crippen LogP contribution in [0.4, 0.5) is 0 Å². The molecule has 0 aromatic carbocycles. The van der Waals surface area contributed by atoms with Crippen LogP contribution >= 0.6 is 15.9 Å². The molecule has 1 aliphatic rings. The van der Waals surface area contributed by atoms with Gasteiger partial charge in [0.2, 0.25) is 5.91 Å². The van der Waals surface area contributed by atoms with Crippen LogP contribution in [0.1, 0.15) is 12.8 Å². The summed E-state index contributed by atoms with van der Waals surface area (Å²) in [6.07, 6.45) is 2.18. The molecule has 1 heterocycles. The summed E-state index contributed by atoms with van der Waals surface area (Å²) in [4.78, 5) is 13.7. The van der Waals surface area contributed by atoms with Crippen LogP contribution in [-0.2, 0) is 4.79 Å². The highest BCUT2D eigenvalue weighted by atomic mass is 79.9. The second-order valence-electron chi connectivity index (χ2n) is 3.44. The number of alkyl halides is 1. The van der Waals surface area contributed by atoms with E-state index in [1.807, 2.05) is 0 Å². The second-order valence-corrected chi connectivity index (χ2v) is 4.24. The maximum Gasteiger partial charge on any atom is 0.224 e. The maximum atomic E-state index is 11.4. The van der Waals surface area contributed by atoms with Crippen molar-refractivity contribution in [3.05, 3.63) is 0 Å². The van der Waals surface area contributed by atoms with Gasteiger partial charge in [-0.25, -0.2) is 0 Å². The van der Waals surface area contributed by atoms with Crippen LogP contribution in [0.2, 0.25) is 0 Å². The average Bonchev–Trinajstić information content (AvgIpc) is 2.18. The van der Waals surface area contributed by atoms with E-state index in [1.54, 1.807) is 7.05 Å². The zero-order chi connectivity index (χ0) is 9.68. The van der Waals surface area contributed by atoms with Gasteiger partial charge in [0.25, 0.3) is 0 Å². The summed E-state index contributed by atoms with van der Waals surface area (Å²) in [5, 5.41) is 3.71. The van der Waals surface area contributed by atoms with Crippen LogP contribution in [0, 0.1) is 5.92 Å². The normalized spacial score (nSPS) is 24.3. The Kier molecular flexibility index (Phi) is 4.73. The highest BCUT2D eigenvalue weighted by Gasteiger charge is 2.24. The maximum absolute atomic E-state index is 11.4. The van der Waals surface area contributed by atoms with Crippen LogP contribution in [0.15, 0.2) is 0 Å². The number of carbonyl (C=O) groups is 1. The molecule has 4 heteroatoms. The number of rotatable bonds is 3. The third-order valence-electron chi connectivity index (χ3n) is 2.52. The molecular weight excluding hydrogens is 232 g/mol. The summed E-state index contributed by atoms with van der Waals surface area (Å²) >= 11 is 3.42. The van der Waals surface area contributed by atoms with Crippen molar-refractivity contribution < 1.29 is 4.79 Å². The lowest BCUT2D eigenvalue weighted by molar-refractivity contribution is -0.126. The molecule has 1 fully saturated rings. The predicted octanol–water partition coefficient (Wildman–Crippen LogP) is 0.839. The minimum Gasteiger partial charge on any atom is -0.359 e. The number of nitrogens with zero attached hydrogens (tertiary/aromatic N) is 1. The fraction of sp³-hybridized carbons (Fsp3) is 0.889. The SMILES string of the molecule is CNC(=O)C1CCCN(CCBr)C1. The van der Waals surface area contributed by atoms with E-state index in [4.69, 9.17) is 0 Å². The molecule has 0 spiro atoms. The van der Waals surface area contributed by atoms with E-state index in [0.717, 1.165) is 37.8 Å². The predicted molar refractivity (Wildman–Crippen MR) is 57.0 cm³/mol. The molecule has 76 valence electrons. The average molecular weight is 249 g/mol. The fourth-order valence-corrected chi connectivity index (χ4v) is 2.30. The Bertz CT molecular complexity index is 173. The van der Waals surface area contributed by atoms with Crippen LogP contribution in [0.25, 0.3) is 0 Å². The Morgan fingerprint density at radius 2 is 2.46 bits per heavy atom. The van der Waals surface area contributed by atoms with Gasteiger partial charge < -0.3 is 10.2 Å². The molecular formula is C9H17BrN2O. The highest BCUT2D eigenvalue weighted by molar-refractivity contribution is 9.09. The van der Waals surface area contributed by atoms with Crippen molar-refractivity contribution in [2.75, 3.05) is 32.0 Å². The van der Waals surface area contributed by atoms with Crippen molar-refractivity contribution >= 4 is 21.8 Å². The Morgan fingerprint density at radius 1 is 1.69 bits per heavy atom. The van der Waals surface area contributed by atoms with Gasteiger partial charge in [0.05, 0.1) is 5.92 Å². The standard InChI is InChI=1S/C9H17BrN2O/c1-11-9(13)8-3-2-5-12(7-8)6-4-10/h8H,2-7H2,1H3,(H,11,13). The van der Waals surface area contributed by atoms with E-state index in [9.17, 15) is 4.79 Å². The minimum absolute atomic E-state index is 0.194. The Labute approximate surface area is 88.0 Å². The first-order chi connectivity index (χ1) is 6.27. The molecule has 1 rings (SSSR count). The van der Waals surface area contributed by atoms with Gasteiger partial charge in [-0.1, -0.05) is 15.9 Å². The molecule has 1 amide bonds. The van der Waals surface area contributed by atoms with E-state index >= 15 is 0 Å². The van der Waals surface area contributed by atoms with Gasteiger partial charge in [0, 0.05) is 25.5 Å². The Hall–Kier alpha value is -0.0900. The lowest BCUT2D eigenvalue weighted by Gasteiger charge is -2.31. The van der Waals surface area contributed by atoms with Crippen molar-refractivity contribution in [2.24, 2.45) is 5.92 Å². The highest BCUT2D eigenvalue weighted by Crippen LogP contribution is 2.16. The Balaban J connectivity index is 2.37. The summed E-state index contributed by atoms with van der Waals surface area (Å²) in [5.74, 6) is 0.400. The zero-order valence-electron chi connectivity index (χ0n) is 8.05.